The van der Waals surface area contributed by atoms with Gasteiger partial charge in [-0.15, -0.1) is 0 Å². The van der Waals surface area contributed by atoms with Gasteiger partial charge in [0.05, 0.1) is 24.6 Å². The molecule has 15 heavy (non-hydrogen) atoms. The minimum Gasteiger partial charge on any atom is -0.387 e. The average molecular weight is 206 g/mol. The van der Waals surface area contributed by atoms with Crippen molar-refractivity contribution in [2.45, 2.75) is 39.4 Å². The van der Waals surface area contributed by atoms with E-state index < -0.39 is 0 Å². The lowest BCUT2D eigenvalue weighted by Crippen LogP contribution is -2.04. The number of aromatic nitrogens is 1. The quantitative estimate of drug-likeness (QED) is 0.808. The molecule has 0 saturated carbocycles. The van der Waals surface area contributed by atoms with E-state index in [1.54, 1.807) is 0 Å². The van der Waals surface area contributed by atoms with E-state index in [4.69, 9.17) is 4.74 Å². The van der Waals surface area contributed by atoms with Crippen LogP contribution in [0, 0.1) is 0 Å². The number of pyridine rings is 1. The van der Waals surface area contributed by atoms with E-state index >= 15 is 0 Å². The molecule has 0 saturated heterocycles. The Kier molecular flexibility index (Phi) is 2.65. The van der Waals surface area contributed by atoms with Gasteiger partial charge in [-0.25, -0.2) is 0 Å². The summed E-state index contributed by atoms with van der Waals surface area (Å²) in [5, 5.41) is 3.17. The number of fused-ring (bicyclic) bond motifs is 1. The summed E-state index contributed by atoms with van der Waals surface area (Å²) in [5.74, 6) is 0.453. The summed E-state index contributed by atoms with van der Waals surface area (Å²) in [6.07, 6.45) is 2.09. The first-order chi connectivity index (χ1) is 7.15. The first-order valence-corrected chi connectivity index (χ1v) is 5.46. The van der Waals surface area contributed by atoms with Crippen molar-refractivity contribution in [1.82, 2.24) is 4.98 Å². The van der Waals surface area contributed by atoms with Crippen LogP contribution in [0.1, 0.15) is 49.6 Å². The van der Waals surface area contributed by atoms with E-state index in [0.29, 0.717) is 12.5 Å². The Morgan fingerprint density at radius 1 is 1.53 bits per heavy atom. The molecule has 0 amide bonds. The molecule has 3 heteroatoms. The van der Waals surface area contributed by atoms with Gasteiger partial charge in [0, 0.05) is 23.9 Å². The zero-order valence-electron chi connectivity index (χ0n) is 9.79. The van der Waals surface area contributed by atoms with Gasteiger partial charge in [-0.05, 0) is 12.8 Å². The number of hydrogen-bond acceptors (Lipinski definition) is 3. The Morgan fingerprint density at radius 2 is 2.27 bits per heavy atom. The van der Waals surface area contributed by atoms with Gasteiger partial charge in [0.25, 0.3) is 0 Å². The molecule has 1 atom stereocenters. The highest BCUT2D eigenvalue weighted by atomic mass is 16.5. The number of anilines is 1. The second-order valence-corrected chi connectivity index (χ2v) is 4.31. The van der Waals surface area contributed by atoms with Crippen LogP contribution >= 0.6 is 0 Å². The highest BCUT2D eigenvalue weighted by Gasteiger charge is 2.26. The topological polar surface area (TPSA) is 34.2 Å². The molecule has 2 heterocycles. The zero-order valence-corrected chi connectivity index (χ0v) is 9.79. The Hall–Kier alpha value is -1.09. The van der Waals surface area contributed by atoms with E-state index in [0.717, 1.165) is 5.69 Å². The van der Waals surface area contributed by atoms with Gasteiger partial charge in [0.15, 0.2) is 0 Å². The van der Waals surface area contributed by atoms with Crippen LogP contribution < -0.4 is 5.32 Å². The Morgan fingerprint density at radius 3 is 2.87 bits per heavy atom. The minimum absolute atomic E-state index is 0.179. The van der Waals surface area contributed by atoms with Gasteiger partial charge in [-0.2, -0.15) is 0 Å². The highest BCUT2D eigenvalue weighted by Crippen LogP contribution is 2.38. The molecule has 2 rings (SSSR count). The Labute approximate surface area is 90.9 Å². The molecule has 3 nitrogen and oxygen atoms in total. The summed E-state index contributed by atoms with van der Waals surface area (Å²) < 4.78 is 5.68. The van der Waals surface area contributed by atoms with Crippen molar-refractivity contribution in [2.24, 2.45) is 0 Å². The highest BCUT2D eigenvalue weighted by molar-refractivity contribution is 5.56. The number of nitrogens with zero attached hydrogens (tertiary/aromatic N) is 1. The maximum atomic E-state index is 5.68. The lowest BCUT2D eigenvalue weighted by Gasteiger charge is -2.15. The fourth-order valence-corrected chi connectivity index (χ4v) is 2.16. The number of nitrogens with one attached hydrogen (secondary N) is 1. The van der Waals surface area contributed by atoms with Gasteiger partial charge in [-0.1, -0.05) is 13.8 Å². The fourth-order valence-electron chi connectivity index (χ4n) is 2.16. The summed E-state index contributed by atoms with van der Waals surface area (Å²) in [7, 11) is 1.93. The minimum atomic E-state index is 0.179. The van der Waals surface area contributed by atoms with Crippen molar-refractivity contribution >= 4 is 5.69 Å². The SMILES string of the molecule is CNc1cnc(C(C)C)c2c1COC2C. The number of ether oxygens (including phenoxy) is 1. The van der Waals surface area contributed by atoms with E-state index in [1.165, 1.54) is 16.8 Å². The third-order valence-corrected chi connectivity index (χ3v) is 2.96. The van der Waals surface area contributed by atoms with Crippen molar-refractivity contribution in [3.8, 4) is 0 Å². The van der Waals surface area contributed by atoms with Crippen LogP contribution in [0.2, 0.25) is 0 Å². The second-order valence-electron chi connectivity index (χ2n) is 4.31. The first-order valence-electron chi connectivity index (χ1n) is 5.46. The van der Waals surface area contributed by atoms with Crippen LogP contribution in [-0.4, -0.2) is 12.0 Å². The van der Waals surface area contributed by atoms with Gasteiger partial charge in [-0.3, -0.25) is 4.98 Å². The largest absolute Gasteiger partial charge is 0.387 e. The molecule has 0 spiro atoms. The molecule has 0 aliphatic carbocycles. The molecule has 0 bridgehead atoms. The first kappa shape index (κ1) is 10.4. The molecule has 1 N–H and O–H groups in total. The van der Waals surface area contributed by atoms with Gasteiger partial charge < -0.3 is 10.1 Å². The molecule has 82 valence electrons. The summed E-state index contributed by atoms with van der Waals surface area (Å²) >= 11 is 0. The third kappa shape index (κ3) is 1.61. The van der Waals surface area contributed by atoms with Crippen LogP contribution in [0.3, 0.4) is 0 Å². The molecule has 1 unspecified atom stereocenters. The molecular weight excluding hydrogens is 188 g/mol. The molecule has 0 aromatic carbocycles. The summed E-state index contributed by atoms with van der Waals surface area (Å²) in [6, 6.07) is 0. The maximum Gasteiger partial charge on any atom is 0.0823 e. The van der Waals surface area contributed by atoms with Crippen molar-refractivity contribution < 1.29 is 4.74 Å². The van der Waals surface area contributed by atoms with E-state index in [-0.39, 0.29) is 6.10 Å². The molecule has 0 fully saturated rings. The molecule has 1 aliphatic rings. The normalized spacial score (nSPS) is 19.4. The van der Waals surface area contributed by atoms with Crippen LogP contribution in [0.25, 0.3) is 0 Å². The van der Waals surface area contributed by atoms with Crippen molar-refractivity contribution in [2.75, 3.05) is 12.4 Å². The van der Waals surface area contributed by atoms with Crippen molar-refractivity contribution in [1.29, 1.82) is 0 Å². The van der Waals surface area contributed by atoms with Crippen molar-refractivity contribution in [3.63, 3.8) is 0 Å². The van der Waals surface area contributed by atoms with Crippen LogP contribution in [0.15, 0.2) is 6.20 Å². The molecule has 0 radical (unpaired) electrons. The van der Waals surface area contributed by atoms with Gasteiger partial charge >= 0.3 is 0 Å². The predicted molar refractivity (Wildman–Crippen MR) is 61.1 cm³/mol. The summed E-state index contributed by atoms with van der Waals surface area (Å²) in [6.45, 7) is 7.15. The van der Waals surface area contributed by atoms with Crippen LogP contribution in [0.4, 0.5) is 5.69 Å². The summed E-state index contributed by atoms with van der Waals surface area (Å²) in [5.41, 5.74) is 4.84. The number of rotatable bonds is 2. The monoisotopic (exact) mass is 206 g/mol. The molecule has 1 aromatic rings. The Bertz CT molecular complexity index is 374. The fraction of sp³-hybridized carbons (Fsp3) is 0.583. The lowest BCUT2D eigenvalue weighted by molar-refractivity contribution is 0.0792. The molecular formula is C12H18N2O. The zero-order chi connectivity index (χ0) is 11.0. The Balaban J connectivity index is 2.58. The third-order valence-electron chi connectivity index (χ3n) is 2.96. The van der Waals surface area contributed by atoms with E-state index in [2.05, 4.69) is 31.1 Å². The van der Waals surface area contributed by atoms with Crippen molar-refractivity contribution in [3.05, 3.63) is 23.0 Å². The molecule has 1 aromatic heterocycles. The predicted octanol–water partition coefficient (Wildman–Crippen LogP) is 2.84. The van der Waals surface area contributed by atoms with E-state index in [1.807, 2.05) is 13.2 Å². The lowest BCUT2D eigenvalue weighted by atomic mass is 9.97. The summed E-state index contributed by atoms with van der Waals surface area (Å²) in [4.78, 5) is 4.53. The van der Waals surface area contributed by atoms with Crippen LogP contribution in [0.5, 0.6) is 0 Å². The van der Waals surface area contributed by atoms with E-state index in [9.17, 15) is 0 Å². The average Bonchev–Trinajstić information content (AvgIpc) is 2.60. The maximum absolute atomic E-state index is 5.68. The van der Waals surface area contributed by atoms with Gasteiger partial charge in [0.1, 0.15) is 0 Å². The van der Waals surface area contributed by atoms with Crippen LogP contribution in [-0.2, 0) is 11.3 Å². The number of hydrogen-bond donors (Lipinski definition) is 1. The molecule has 1 aliphatic heterocycles. The smallest absolute Gasteiger partial charge is 0.0823 e. The van der Waals surface area contributed by atoms with Gasteiger partial charge in [0.2, 0.25) is 0 Å². The second kappa shape index (κ2) is 3.81. The standard InChI is InChI=1S/C12H18N2O/c1-7(2)12-11-8(3)15-6-9(11)10(13-4)5-14-12/h5,7-8,13H,6H2,1-4H3.